The van der Waals surface area contributed by atoms with E-state index >= 15 is 0 Å². The maximum atomic E-state index is 12.9. The third kappa shape index (κ3) is 4.20. The summed E-state index contributed by atoms with van der Waals surface area (Å²) in [6.45, 7) is 2.46. The van der Waals surface area contributed by atoms with Crippen molar-refractivity contribution in [3.8, 4) is 11.5 Å². The Balaban J connectivity index is 1.83. The Morgan fingerprint density at radius 2 is 1.75 bits per heavy atom. The minimum absolute atomic E-state index is 0.188. The number of hydrogen-bond donors (Lipinski definition) is 1. The lowest BCUT2D eigenvalue weighted by Crippen LogP contribution is -2.31. The highest BCUT2D eigenvalue weighted by Gasteiger charge is 2.18. The molecular formula is C21H22N4O3. The number of para-hydroxylation sites is 1. The zero-order chi connectivity index (χ0) is 19.9. The summed E-state index contributed by atoms with van der Waals surface area (Å²) in [6.07, 6.45) is 1.37. The molecule has 1 amide bonds. The van der Waals surface area contributed by atoms with E-state index in [9.17, 15) is 4.79 Å². The number of carbonyl (C=O) groups is 1. The highest BCUT2D eigenvalue weighted by atomic mass is 16.5. The minimum atomic E-state index is -0.188. The first kappa shape index (κ1) is 19.2. The monoisotopic (exact) mass is 378 g/mol. The molecule has 0 aliphatic carbocycles. The second kappa shape index (κ2) is 8.85. The molecule has 3 aromatic rings. The van der Waals surface area contributed by atoms with Crippen molar-refractivity contribution in [2.45, 2.75) is 6.92 Å². The molecule has 0 saturated heterocycles. The summed E-state index contributed by atoms with van der Waals surface area (Å²) < 4.78 is 10.6. The van der Waals surface area contributed by atoms with Gasteiger partial charge >= 0.3 is 0 Å². The van der Waals surface area contributed by atoms with E-state index in [4.69, 9.17) is 9.47 Å². The fraction of sp³-hybridized carbons (Fsp3) is 0.190. The summed E-state index contributed by atoms with van der Waals surface area (Å²) in [5.41, 5.74) is 1.89. The highest BCUT2D eigenvalue weighted by molar-refractivity contribution is 6.05. The fourth-order valence-corrected chi connectivity index (χ4v) is 2.79. The topological polar surface area (TPSA) is 76.6 Å². The second-order valence-corrected chi connectivity index (χ2v) is 5.87. The van der Waals surface area contributed by atoms with Crippen molar-refractivity contribution >= 4 is 23.1 Å². The van der Waals surface area contributed by atoms with E-state index in [1.807, 2.05) is 43.3 Å². The number of nitrogens with zero attached hydrogens (tertiary/aromatic N) is 3. The minimum Gasteiger partial charge on any atom is -0.493 e. The Morgan fingerprint density at radius 1 is 1.00 bits per heavy atom. The van der Waals surface area contributed by atoms with Gasteiger partial charge in [-0.2, -0.15) is 0 Å². The summed E-state index contributed by atoms with van der Waals surface area (Å²) in [6, 6.07) is 16.6. The van der Waals surface area contributed by atoms with Crippen LogP contribution in [0.4, 0.5) is 17.2 Å². The average molecular weight is 378 g/mol. The molecule has 7 nitrogen and oxygen atoms in total. The quantitative estimate of drug-likeness (QED) is 0.672. The normalized spacial score (nSPS) is 10.2. The van der Waals surface area contributed by atoms with Crippen LogP contribution in [0, 0.1) is 0 Å². The van der Waals surface area contributed by atoms with Gasteiger partial charge in [-0.25, -0.2) is 9.97 Å². The molecule has 1 heterocycles. The van der Waals surface area contributed by atoms with Gasteiger partial charge in [0.15, 0.2) is 11.5 Å². The van der Waals surface area contributed by atoms with Crippen LogP contribution >= 0.6 is 0 Å². The van der Waals surface area contributed by atoms with Crippen LogP contribution in [0.1, 0.15) is 17.4 Å². The van der Waals surface area contributed by atoms with Gasteiger partial charge in [0.25, 0.3) is 5.91 Å². The number of hydrogen-bond acceptors (Lipinski definition) is 6. The summed E-state index contributed by atoms with van der Waals surface area (Å²) >= 11 is 0. The molecule has 1 aromatic heterocycles. The van der Waals surface area contributed by atoms with E-state index in [1.54, 1.807) is 37.3 Å². The predicted octanol–water partition coefficient (Wildman–Crippen LogP) is 3.90. The van der Waals surface area contributed by atoms with Crippen molar-refractivity contribution in [2.75, 3.05) is 31.0 Å². The maximum absolute atomic E-state index is 12.9. The van der Waals surface area contributed by atoms with Crippen molar-refractivity contribution in [1.82, 2.24) is 9.97 Å². The standard InChI is InChI=1S/C21H22N4O3/c1-4-25(16-8-6-5-7-9-16)21(26)17-13-20(23-14-22-17)24-15-10-11-18(27-2)19(12-15)28-3/h5-14H,4H2,1-3H3,(H,22,23,24). The number of benzene rings is 2. The molecular weight excluding hydrogens is 356 g/mol. The molecule has 7 heteroatoms. The van der Waals surface area contributed by atoms with E-state index in [0.717, 1.165) is 11.4 Å². The Morgan fingerprint density at radius 3 is 2.43 bits per heavy atom. The zero-order valence-electron chi connectivity index (χ0n) is 16.0. The van der Waals surface area contributed by atoms with Gasteiger partial charge in [0.2, 0.25) is 0 Å². The lowest BCUT2D eigenvalue weighted by atomic mass is 10.2. The molecule has 0 bridgehead atoms. The summed E-state index contributed by atoms with van der Waals surface area (Å²) in [5, 5.41) is 3.16. The molecule has 0 atom stereocenters. The third-order valence-electron chi connectivity index (χ3n) is 4.17. The van der Waals surface area contributed by atoms with Crippen LogP contribution in [0.3, 0.4) is 0 Å². The molecule has 0 fully saturated rings. The highest BCUT2D eigenvalue weighted by Crippen LogP contribution is 2.30. The van der Waals surface area contributed by atoms with Gasteiger partial charge in [0.1, 0.15) is 17.8 Å². The van der Waals surface area contributed by atoms with Gasteiger partial charge in [0, 0.05) is 30.1 Å². The van der Waals surface area contributed by atoms with Crippen molar-refractivity contribution < 1.29 is 14.3 Å². The number of amides is 1. The molecule has 0 unspecified atom stereocenters. The van der Waals surface area contributed by atoms with Crippen molar-refractivity contribution in [2.24, 2.45) is 0 Å². The van der Waals surface area contributed by atoms with Crippen LogP contribution in [0.2, 0.25) is 0 Å². The van der Waals surface area contributed by atoms with Gasteiger partial charge in [-0.3, -0.25) is 4.79 Å². The molecule has 0 spiro atoms. The van der Waals surface area contributed by atoms with Crippen LogP contribution in [0.25, 0.3) is 0 Å². The molecule has 0 aliphatic rings. The molecule has 0 radical (unpaired) electrons. The Bertz CT molecular complexity index is 947. The first-order valence-corrected chi connectivity index (χ1v) is 8.84. The zero-order valence-corrected chi connectivity index (χ0v) is 16.0. The van der Waals surface area contributed by atoms with Gasteiger partial charge in [-0.1, -0.05) is 18.2 Å². The van der Waals surface area contributed by atoms with Crippen LogP contribution < -0.4 is 19.7 Å². The van der Waals surface area contributed by atoms with Gasteiger partial charge in [0.05, 0.1) is 14.2 Å². The smallest absolute Gasteiger partial charge is 0.277 e. The van der Waals surface area contributed by atoms with Crippen molar-refractivity contribution in [3.05, 3.63) is 66.6 Å². The van der Waals surface area contributed by atoms with E-state index in [2.05, 4.69) is 15.3 Å². The molecule has 0 saturated carbocycles. The Labute approximate surface area is 164 Å². The summed E-state index contributed by atoms with van der Waals surface area (Å²) in [4.78, 5) is 23.0. The van der Waals surface area contributed by atoms with Crippen molar-refractivity contribution in [1.29, 1.82) is 0 Å². The van der Waals surface area contributed by atoms with Gasteiger partial charge in [-0.05, 0) is 31.2 Å². The Kier molecular flexibility index (Phi) is 6.06. The summed E-state index contributed by atoms with van der Waals surface area (Å²) in [5.74, 6) is 1.55. The predicted molar refractivity (Wildman–Crippen MR) is 109 cm³/mol. The lowest BCUT2D eigenvalue weighted by molar-refractivity contribution is 0.0983. The largest absolute Gasteiger partial charge is 0.493 e. The molecule has 3 rings (SSSR count). The average Bonchev–Trinajstić information content (AvgIpc) is 2.75. The maximum Gasteiger partial charge on any atom is 0.277 e. The van der Waals surface area contributed by atoms with Crippen LogP contribution in [-0.2, 0) is 0 Å². The molecule has 144 valence electrons. The van der Waals surface area contributed by atoms with E-state index in [-0.39, 0.29) is 5.91 Å². The number of ether oxygens (including phenoxy) is 2. The van der Waals surface area contributed by atoms with Crippen LogP contribution in [0.5, 0.6) is 11.5 Å². The number of carbonyl (C=O) groups excluding carboxylic acids is 1. The van der Waals surface area contributed by atoms with Gasteiger partial charge < -0.3 is 19.7 Å². The van der Waals surface area contributed by atoms with E-state index in [1.165, 1.54) is 6.33 Å². The fourth-order valence-electron chi connectivity index (χ4n) is 2.79. The number of nitrogens with one attached hydrogen (secondary N) is 1. The third-order valence-corrected chi connectivity index (χ3v) is 4.17. The first-order valence-electron chi connectivity index (χ1n) is 8.84. The number of methoxy groups -OCH3 is 2. The number of rotatable bonds is 7. The van der Waals surface area contributed by atoms with E-state index < -0.39 is 0 Å². The number of aromatic nitrogens is 2. The lowest BCUT2D eigenvalue weighted by Gasteiger charge is -2.20. The van der Waals surface area contributed by atoms with Crippen LogP contribution in [0.15, 0.2) is 60.9 Å². The summed E-state index contributed by atoms with van der Waals surface area (Å²) in [7, 11) is 3.16. The first-order chi connectivity index (χ1) is 13.7. The molecule has 28 heavy (non-hydrogen) atoms. The molecule has 1 N–H and O–H groups in total. The SMILES string of the molecule is CCN(C(=O)c1cc(Nc2ccc(OC)c(OC)c2)ncn1)c1ccccc1. The van der Waals surface area contributed by atoms with Crippen molar-refractivity contribution in [3.63, 3.8) is 0 Å². The van der Waals surface area contributed by atoms with Gasteiger partial charge in [-0.15, -0.1) is 0 Å². The van der Waals surface area contributed by atoms with Crippen LogP contribution in [-0.4, -0.2) is 36.6 Å². The molecule has 0 aliphatic heterocycles. The molecule has 2 aromatic carbocycles. The second-order valence-electron chi connectivity index (χ2n) is 5.87. The number of anilines is 3. The van der Waals surface area contributed by atoms with E-state index in [0.29, 0.717) is 29.6 Å². The Hall–Kier alpha value is -3.61.